The molecule has 0 spiro atoms. The van der Waals surface area contributed by atoms with Crippen LogP contribution in [0.2, 0.25) is 0 Å². The molecule has 2 heterocycles. The number of carbonyl (C=O) groups is 1. The lowest BCUT2D eigenvalue weighted by atomic mass is 10.2. The van der Waals surface area contributed by atoms with Crippen LogP contribution in [0.15, 0.2) is 59.5 Å². The lowest BCUT2D eigenvalue weighted by Crippen LogP contribution is -2.24. The smallest absolute Gasteiger partial charge is 0.250 e. The van der Waals surface area contributed by atoms with Gasteiger partial charge in [-0.25, -0.2) is 0 Å². The van der Waals surface area contributed by atoms with E-state index in [0.29, 0.717) is 12.4 Å². The molecule has 1 aromatic carbocycles. The van der Waals surface area contributed by atoms with Crippen molar-refractivity contribution in [3.63, 3.8) is 0 Å². The molecule has 1 N–H and O–H groups in total. The molecule has 0 aliphatic carbocycles. The minimum Gasteiger partial charge on any atom is -0.307 e. The van der Waals surface area contributed by atoms with Crippen molar-refractivity contribution in [2.45, 2.75) is 19.5 Å². The fourth-order valence-electron chi connectivity index (χ4n) is 2.16. The quantitative estimate of drug-likeness (QED) is 0.747. The normalized spacial score (nSPS) is 12.1. The third kappa shape index (κ3) is 3.87. The summed E-state index contributed by atoms with van der Waals surface area (Å²) < 4.78 is 4.23. The van der Waals surface area contributed by atoms with Gasteiger partial charge in [0.05, 0.1) is 17.2 Å². The Morgan fingerprint density at radius 2 is 2.09 bits per heavy atom. The lowest BCUT2D eigenvalue weighted by Gasteiger charge is -2.11. The number of hydrogen-bond acceptors (Lipinski definition) is 3. The van der Waals surface area contributed by atoms with E-state index in [4.69, 9.17) is 0 Å². The molecule has 0 aliphatic rings. The molecule has 6 nitrogen and oxygen atoms in total. The van der Waals surface area contributed by atoms with Gasteiger partial charge in [-0.1, -0.05) is 30.3 Å². The number of halogens is 1. The Labute approximate surface area is 142 Å². The second-order valence-corrected chi connectivity index (χ2v) is 6.10. The van der Waals surface area contributed by atoms with Gasteiger partial charge in [0.15, 0.2) is 5.82 Å². The minimum absolute atomic E-state index is 0.162. The average Bonchev–Trinajstić information content (AvgIpc) is 3.17. The predicted molar refractivity (Wildman–Crippen MR) is 91.0 cm³/mol. The number of rotatable bonds is 5. The molecule has 1 unspecified atom stereocenters. The Hall–Kier alpha value is -2.41. The van der Waals surface area contributed by atoms with Crippen molar-refractivity contribution in [1.29, 1.82) is 0 Å². The van der Waals surface area contributed by atoms with Crippen LogP contribution in [-0.2, 0) is 11.3 Å². The number of hydrogen-bond donors (Lipinski definition) is 1. The standard InChI is InChI=1S/C16H16BrN5O/c1-12(22-11-14(17)9-18-22)16(23)19-15-7-8-21(20-15)10-13-5-3-2-4-6-13/h2-9,11-12H,10H2,1H3,(H,19,20,23). The van der Waals surface area contributed by atoms with Gasteiger partial charge in [-0.3, -0.25) is 14.2 Å². The Bertz CT molecular complexity index is 796. The van der Waals surface area contributed by atoms with Gasteiger partial charge >= 0.3 is 0 Å². The Morgan fingerprint density at radius 1 is 1.30 bits per heavy atom. The van der Waals surface area contributed by atoms with Crippen LogP contribution in [-0.4, -0.2) is 25.5 Å². The van der Waals surface area contributed by atoms with Crippen LogP contribution >= 0.6 is 15.9 Å². The number of aromatic nitrogens is 4. The van der Waals surface area contributed by atoms with E-state index in [1.165, 1.54) is 0 Å². The van der Waals surface area contributed by atoms with Crippen molar-refractivity contribution >= 4 is 27.7 Å². The molecule has 0 fully saturated rings. The number of nitrogens with one attached hydrogen (secondary N) is 1. The van der Waals surface area contributed by atoms with Crippen molar-refractivity contribution in [2.75, 3.05) is 5.32 Å². The van der Waals surface area contributed by atoms with E-state index in [1.54, 1.807) is 34.7 Å². The summed E-state index contributed by atoms with van der Waals surface area (Å²) in [7, 11) is 0. The summed E-state index contributed by atoms with van der Waals surface area (Å²) in [5, 5.41) is 11.3. The Kier molecular flexibility index (Phi) is 4.57. The van der Waals surface area contributed by atoms with Crippen molar-refractivity contribution in [3.05, 3.63) is 65.0 Å². The molecular formula is C16H16BrN5O. The summed E-state index contributed by atoms with van der Waals surface area (Å²) in [5.41, 5.74) is 1.16. The molecule has 0 radical (unpaired) electrons. The second kappa shape index (κ2) is 6.78. The van der Waals surface area contributed by atoms with Gasteiger partial charge in [0, 0.05) is 18.5 Å². The van der Waals surface area contributed by atoms with E-state index in [0.717, 1.165) is 10.0 Å². The van der Waals surface area contributed by atoms with Gasteiger partial charge in [0.25, 0.3) is 0 Å². The summed E-state index contributed by atoms with van der Waals surface area (Å²) in [6, 6.07) is 11.4. The molecule has 118 valence electrons. The van der Waals surface area contributed by atoms with Crippen LogP contribution in [0.3, 0.4) is 0 Å². The van der Waals surface area contributed by atoms with Crippen molar-refractivity contribution in [1.82, 2.24) is 19.6 Å². The number of carbonyl (C=O) groups excluding carboxylic acids is 1. The molecule has 2 aromatic heterocycles. The van der Waals surface area contributed by atoms with Gasteiger partial charge in [-0.2, -0.15) is 10.2 Å². The maximum Gasteiger partial charge on any atom is 0.250 e. The second-order valence-electron chi connectivity index (χ2n) is 5.19. The molecule has 1 amide bonds. The fourth-order valence-corrected chi connectivity index (χ4v) is 2.47. The van der Waals surface area contributed by atoms with E-state index >= 15 is 0 Å². The molecule has 0 bridgehead atoms. The zero-order valence-electron chi connectivity index (χ0n) is 12.6. The molecule has 7 heteroatoms. The topological polar surface area (TPSA) is 64.7 Å². The highest BCUT2D eigenvalue weighted by Gasteiger charge is 2.16. The van der Waals surface area contributed by atoms with Gasteiger partial charge in [-0.15, -0.1) is 0 Å². The zero-order valence-corrected chi connectivity index (χ0v) is 14.1. The van der Waals surface area contributed by atoms with E-state index in [9.17, 15) is 4.79 Å². The number of benzene rings is 1. The van der Waals surface area contributed by atoms with Gasteiger partial charge in [0.2, 0.25) is 5.91 Å². The highest BCUT2D eigenvalue weighted by atomic mass is 79.9. The third-order valence-corrected chi connectivity index (χ3v) is 3.84. The van der Waals surface area contributed by atoms with Crippen LogP contribution in [0.4, 0.5) is 5.82 Å². The molecule has 23 heavy (non-hydrogen) atoms. The lowest BCUT2D eigenvalue weighted by molar-refractivity contribution is -0.119. The van der Waals surface area contributed by atoms with E-state index in [2.05, 4.69) is 31.4 Å². The van der Waals surface area contributed by atoms with Crippen LogP contribution < -0.4 is 5.32 Å². The fraction of sp³-hybridized carbons (Fsp3) is 0.188. The first-order valence-corrected chi connectivity index (χ1v) is 7.99. The highest BCUT2D eigenvalue weighted by molar-refractivity contribution is 9.10. The van der Waals surface area contributed by atoms with Gasteiger partial charge < -0.3 is 5.32 Å². The molecule has 3 rings (SSSR count). The first-order valence-electron chi connectivity index (χ1n) is 7.20. The maximum absolute atomic E-state index is 12.3. The first kappa shape index (κ1) is 15.5. The molecule has 0 aliphatic heterocycles. The summed E-state index contributed by atoms with van der Waals surface area (Å²) in [6.07, 6.45) is 5.26. The minimum atomic E-state index is -0.416. The predicted octanol–water partition coefficient (Wildman–Crippen LogP) is 3.09. The highest BCUT2D eigenvalue weighted by Crippen LogP contribution is 2.14. The largest absolute Gasteiger partial charge is 0.307 e. The van der Waals surface area contributed by atoms with Crippen molar-refractivity contribution in [3.8, 4) is 0 Å². The summed E-state index contributed by atoms with van der Waals surface area (Å²) >= 11 is 3.32. The molecule has 0 saturated heterocycles. The van der Waals surface area contributed by atoms with Crippen LogP contribution in [0, 0.1) is 0 Å². The molecule has 0 saturated carbocycles. The number of amides is 1. The van der Waals surface area contributed by atoms with Crippen LogP contribution in [0.1, 0.15) is 18.5 Å². The Morgan fingerprint density at radius 3 is 2.78 bits per heavy atom. The molecule has 3 aromatic rings. The summed E-state index contributed by atoms with van der Waals surface area (Å²) in [4.78, 5) is 12.3. The first-order chi connectivity index (χ1) is 11.1. The van der Waals surface area contributed by atoms with Crippen molar-refractivity contribution < 1.29 is 4.79 Å². The van der Waals surface area contributed by atoms with Gasteiger partial charge in [-0.05, 0) is 28.4 Å². The van der Waals surface area contributed by atoms with Crippen LogP contribution in [0.5, 0.6) is 0 Å². The maximum atomic E-state index is 12.3. The SMILES string of the molecule is CC(C(=O)Nc1ccn(Cc2ccccc2)n1)n1cc(Br)cn1. The third-order valence-electron chi connectivity index (χ3n) is 3.43. The molecular weight excluding hydrogens is 358 g/mol. The summed E-state index contributed by atoms with van der Waals surface area (Å²) in [6.45, 7) is 2.45. The number of anilines is 1. The summed E-state index contributed by atoms with van der Waals surface area (Å²) in [5.74, 6) is 0.370. The average molecular weight is 374 g/mol. The van der Waals surface area contributed by atoms with Crippen LogP contribution in [0.25, 0.3) is 0 Å². The number of nitrogens with zero attached hydrogens (tertiary/aromatic N) is 4. The monoisotopic (exact) mass is 373 g/mol. The molecule has 1 atom stereocenters. The van der Waals surface area contributed by atoms with Gasteiger partial charge in [0.1, 0.15) is 6.04 Å². The van der Waals surface area contributed by atoms with E-state index in [-0.39, 0.29) is 5.91 Å². The van der Waals surface area contributed by atoms with E-state index in [1.807, 2.05) is 36.5 Å². The Balaban J connectivity index is 1.63. The zero-order chi connectivity index (χ0) is 16.2. The van der Waals surface area contributed by atoms with Crippen molar-refractivity contribution in [2.24, 2.45) is 0 Å². The van der Waals surface area contributed by atoms with E-state index < -0.39 is 6.04 Å².